The number of hydrogen-bond donors (Lipinski definition) is 0. The van der Waals surface area contributed by atoms with E-state index in [1.165, 1.54) is 0 Å². The number of amides is 1. The Morgan fingerprint density at radius 3 is 2.90 bits per heavy atom. The van der Waals surface area contributed by atoms with E-state index in [0.29, 0.717) is 36.8 Å². The minimum Gasteiger partial charge on any atom is -0.491 e. The van der Waals surface area contributed by atoms with Gasteiger partial charge in [-0.15, -0.1) is 0 Å². The van der Waals surface area contributed by atoms with Gasteiger partial charge in [0.2, 0.25) is 0 Å². The van der Waals surface area contributed by atoms with Crippen molar-refractivity contribution in [1.29, 1.82) is 0 Å². The van der Waals surface area contributed by atoms with Crippen molar-refractivity contribution in [2.24, 2.45) is 0 Å². The third-order valence-corrected chi connectivity index (χ3v) is 3.52. The van der Waals surface area contributed by atoms with Gasteiger partial charge in [0.25, 0.3) is 5.91 Å². The molecule has 1 aromatic heterocycles. The van der Waals surface area contributed by atoms with Gasteiger partial charge in [0.15, 0.2) is 0 Å². The molecule has 0 radical (unpaired) electrons. The molecule has 0 spiro atoms. The Balaban J connectivity index is 1.89. The Morgan fingerprint density at radius 2 is 2.10 bits per heavy atom. The zero-order valence-corrected chi connectivity index (χ0v) is 12.2. The van der Waals surface area contributed by atoms with Gasteiger partial charge in [-0.25, -0.2) is 9.97 Å². The molecule has 0 saturated heterocycles. The topological polar surface area (TPSA) is 55.3 Å². The van der Waals surface area contributed by atoms with Crippen LogP contribution in [0.25, 0.3) is 0 Å². The molecule has 0 unspecified atom stereocenters. The fourth-order valence-electron chi connectivity index (χ4n) is 2.07. The first kappa shape index (κ1) is 13.1. The van der Waals surface area contributed by atoms with Crippen molar-refractivity contribution in [2.45, 2.75) is 6.54 Å². The zero-order chi connectivity index (χ0) is 13.9. The summed E-state index contributed by atoms with van der Waals surface area (Å²) in [6.45, 7) is 1.37. The molecule has 2 heterocycles. The SMILES string of the molecule is O=C1c2cc(Br)ccc2OCCN1Cc1ncccn1. The zero-order valence-electron chi connectivity index (χ0n) is 10.6. The van der Waals surface area contributed by atoms with Crippen molar-refractivity contribution in [3.8, 4) is 5.75 Å². The van der Waals surface area contributed by atoms with Gasteiger partial charge in [0.1, 0.15) is 18.2 Å². The molecule has 102 valence electrons. The molecule has 0 bridgehead atoms. The number of aromatic nitrogens is 2. The van der Waals surface area contributed by atoms with Gasteiger partial charge in [0.05, 0.1) is 18.7 Å². The molecule has 1 aromatic carbocycles. The molecule has 0 fully saturated rings. The van der Waals surface area contributed by atoms with Crippen molar-refractivity contribution in [3.63, 3.8) is 0 Å². The Bertz CT molecular complexity index is 634. The minimum absolute atomic E-state index is 0.0637. The molecule has 0 saturated carbocycles. The summed E-state index contributed by atoms with van der Waals surface area (Å²) in [5, 5.41) is 0. The minimum atomic E-state index is -0.0637. The Morgan fingerprint density at radius 1 is 1.30 bits per heavy atom. The van der Waals surface area contributed by atoms with Crippen LogP contribution >= 0.6 is 15.9 Å². The molecule has 0 atom stereocenters. The molecule has 20 heavy (non-hydrogen) atoms. The summed E-state index contributed by atoms with van der Waals surface area (Å²) in [5.74, 6) is 1.18. The number of fused-ring (bicyclic) bond motifs is 1. The molecule has 0 N–H and O–H groups in total. The molecule has 6 heteroatoms. The summed E-state index contributed by atoms with van der Waals surface area (Å²) in [7, 11) is 0. The normalized spacial score (nSPS) is 14.4. The first-order chi connectivity index (χ1) is 9.74. The van der Waals surface area contributed by atoms with Crippen LogP contribution in [-0.2, 0) is 6.54 Å². The molecule has 1 amide bonds. The van der Waals surface area contributed by atoms with Gasteiger partial charge >= 0.3 is 0 Å². The molecule has 0 aliphatic carbocycles. The highest BCUT2D eigenvalue weighted by atomic mass is 79.9. The van der Waals surface area contributed by atoms with Gasteiger partial charge in [-0.3, -0.25) is 4.79 Å². The number of carbonyl (C=O) groups excluding carboxylic acids is 1. The lowest BCUT2D eigenvalue weighted by Gasteiger charge is -2.18. The molecule has 5 nitrogen and oxygen atoms in total. The van der Waals surface area contributed by atoms with Crippen molar-refractivity contribution < 1.29 is 9.53 Å². The van der Waals surface area contributed by atoms with Crippen LogP contribution in [0.3, 0.4) is 0 Å². The smallest absolute Gasteiger partial charge is 0.258 e. The van der Waals surface area contributed by atoms with Crippen LogP contribution in [0.2, 0.25) is 0 Å². The molecule has 1 aliphatic heterocycles. The summed E-state index contributed by atoms with van der Waals surface area (Å²) in [6.07, 6.45) is 3.34. The lowest BCUT2D eigenvalue weighted by molar-refractivity contribution is 0.0738. The average Bonchev–Trinajstić information content (AvgIpc) is 2.61. The fourth-order valence-corrected chi connectivity index (χ4v) is 2.43. The lowest BCUT2D eigenvalue weighted by atomic mass is 10.2. The van der Waals surface area contributed by atoms with Crippen LogP contribution in [-0.4, -0.2) is 33.9 Å². The summed E-state index contributed by atoms with van der Waals surface area (Å²) in [6, 6.07) is 7.20. The summed E-state index contributed by atoms with van der Waals surface area (Å²) in [5.41, 5.74) is 0.563. The van der Waals surface area contributed by atoms with Crippen molar-refractivity contribution in [3.05, 3.63) is 52.5 Å². The van der Waals surface area contributed by atoms with Gasteiger partial charge in [0, 0.05) is 16.9 Å². The van der Waals surface area contributed by atoms with Crippen LogP contribution in [0.4, 0.5) is 0 Å². The number of halogens is 1. The maximum Gasteiger partial charge on any atom is 0.258 e. The maximum absolute atomic E-state index is 12.6. The standard InChI is InChI=1S/C14H12BrN3O2/c15-10-2-3-12-11(8-10)14(19)18(6-7-20-12)9-13-16-4-1-5-17-13/h1-5,8H,6-7,9H2. The lowest BCUT2D eigenvalue weighted by Crippen LogP contribution is -2.32. The van der Waals surface area contributed by atoms with Crippen LogP contribution in [0, 0.1) is 0 Å². The Kier molecular flexibility index (Phi) is 3.64. The average molecular weight is 334 g/mol. The monoisotopic (exact) mass is 333 g/mol. The number of carbonyl (C=O) groups is 1. The van der Waals surface area contributed by atoms with Gasteiger partial charge in [-0.1, -0.05) is 15.9 Å². The van der Waals surface area contributed by atoms with Crippen LogP contribution in [0.5, 0.6) is 5.75 Å². The van der Waals surface area contributed by atoms with E-state index in [2.05, 4.69) is 25.9 Å². The van der Waals surface area contributed by atoms with E-state index in [1.54, 1.807) is 35.5 Å². The van der Waals surface area contributed by atoms with Crippen molar-refractivity contribution in [2.75, 3.05) is 13.2 Å². The van der Waals surface area contributed by atoms with Crippen molar-refractivity contribution in [1.82, 2.24) is 14.9 Å². The predicted octanol–water partition coefficient (Wildman–Crippen LogP) is 2.27. The molecule has 3 rings (SSSR count). The summed E-state index contributed by atoms with van der Waals surface area (Å²) >= 11 is 3.38. The van der Waals surface area contributed by atoms with E-state index < -0.39 is 0 Å². The largest absolute Gasteiger partial charge is 0.491 e. The van der Waals surface area contributed by atoms with Crippen LogP contribution in [0.1, 0.15) is 16.2 Å². The van der Waals surface area contributed by atoms with Crippen LogP contribution < -0.4 is 4.74 Å². The fraction of sp³-hybridized carbons (Fsp3) is 0.214. The van der Waals surface area contributed by atoms with E-state index in [1.807, 2.05) is 6.07 Å². The van der Waals surface area contributed by atoms with Crippen LogP contribution in [0.15, 0.2) is 41.1 Å². The van der Waals surface area contributed by atoms with E-state index in [0.717, 1.165) is 4.47 Å². The van der Waals surface area contributed by atoms with Gasteiger partial charge in [-0.2, -0.15) is 0 Å². The second-order valence-electron chi connectivity index (χ2n) is 4.38. The van der Waals surface area contributed by atoms with Gasteiger partial charge < -0.3 is 9.64 Å². The number of nitrogens with zero attached hydrogens (tertiary/aromatic N) is 3. The maximum atomic E-state index is 12.6. The number of rotatable bonds is 2. The van der Waals surface area contributed by atoms with E-state index in [-0.39, 0.29) is 5.91 Å². The second-order valence-corrected chi connectivity index (χ2v) is 5.30. The third kappa shape index (κ3) is 2.65. The van der Waals surface area contributed by atoms with E-state index in [4.69, 9.17) is 4.74 Å². The summed E-state index contributed by atoms with van der Waals surface area (Å²) in [4.78, 5) is 22.6. The number of hydrogen-bond acceptors (Lipinski definition) is 4. The highest BCUT2D eigenvalue weighted by molar-refractivity contribution is 9.10. The molecule has 1 aliphatic rings. The Hall–Kier alpha value is -1.95. The molecular formula is C14H12BrN3O2. The highest BCUT2D eigenvalue weighted by Gasteiger charge is 2.24. The second kappa shape index (κ2) is 5.58. The first-order valence-corrected chi connectivity index (χ1v) is 7.01. The number of ether oxygens (including phenoxy) is 1. The summed E-state index contributed by atoms with van der Waals surface area (Å²) < 4.78 is 6.47. The van der Waals surface area contributed by atoms with Gasteiger partial charge in [-0.05, 0) is 24.3 Å². The third-order valence-electron chi connectivity index (χ3n) is 3.03. The van der Waals surface area contributed by atoms with E-state index >= 15 is 0 Å². The highest BCUT2D eigenvalue weighted by Crippen LogP contribution is 2.26. The first-order valence-electron chi connectivity index (χ1n) is 6.21. The van der Waals surface area contributed by atoms with E-state index in [9.17, 15) is 4.79 Å². The quantitative estimate of drug-likeness (QED) is 0.846. The number of benzene rings is 1. The van der Waals surface area contributed by atoms with Crippen molar-refractivity contribution >= 4 is 21.8 Å². The molecular weight excluding hydrogens is 322 g/mol. The molecule has 2 aromatic rings. The predicted molar refractivity (Wildman–Crippen MR) is 76.4 cm³/mol. The Labute approximate surface area is 124 Å².